The quantitative estimate of drug-likeness (QED) is 0.823. The second-order valence-corrected chi connectivity index (χ2v) is 6.79. The minimum atomic E-state index is -0.899. The lowest BCUT2D eigenvalue weighted by molar-refractivity contribution is -0.136. The molecule has 2 atom stereocenters. The molecule has 6 nitrogen and oxygen atoms in total. The van der Waals surface area contributed by atoms with E-state index in [0.29, 0.717) is 17.8 Å². The molecule has 0 aromatic heterocycles. The lowest BCUT2D eigenvalue weighted by Gasteiger charge is -2.25. The van der Waals surface area contributed by atoms with Crippen LogP contribution in [0.5, 0.6) is 0 Å². The number of likely N-dealkylation sites (tertiary alicyclic amines) is 1. The number of carboxylic acids is 1. The summed E-state index contributed by atoms with van der Waals surface area (Å²) >= 11 is 0. The zero-order valence-electron chi connectivity index (χ0n) is 15.1. The van der Waals surface area contributed by atoms with Crippen LogP contribution in [0.15, 0.2) is 54.6 Å². The van der Waals surface area contributed by atoms with E-state index in [1.807, 2.05) is 37.3 Å². The largest absolute Gasteiger partial charge is 0.481 e. The molecule has 27 heavy (non-hydrogen) atoms. The first kappa shape index (κ1) is 18.6. The summed E-state index contributed by atoms with van der Waals surface area (Å²) in [6.45, 7) is 2.35. The topological polar surface area (TPSA) is 86.7 Å². The number of amides is 2. The zero-order valence-corrected chi connectivity index (χ0v) is 15.1. The van der Waals surface area contributed by atoms with Crippen molar-refractivity contribution in [2.24, 2.45) is 5.92 Å². The van der Waals surface area contributed by atoms with Gasteiger partial charge in [-0.15, -0.1) is 0 Å². The molecule has 0 bridgehead atoms. The minimum Gasteiger partial charge on any atom is -0.481 e. The molecule has 0 radical (unpaired) electrons. The highest BCUT2D eigenvalue weighted by atomic mass is 16.4. The van der Waals surface area contributed by atoms with Gasteiger partial charge in [-0.05, 0) is 30.2 Å². The average Bonchev–Trinajstić information content (AvgIpc) is 3.05. The van der Waals surface area contributed by atoms with Crippen LogP contribution < -0.4 is 5.32 Å². The Morgan fingerprint density at radius 3 is 2.44 bits per heavy atom. The second kappa shape index (κ2) is 8.03. The minimum absolute atomic E-state index is 0.0247. The van der Waals surface area contributed by atoms with Gasteiger partial charge in [0.15, 0.2) is 0 Å². The Kier molecular flexibility index (Phi) is 5.54. The Hall–Kier alpha value is -3.15. The molecule has 2 amide bonds. The van der Waals surface area contributed by atoms with E-state index in [1.54, 1.807) is 29.2 Å². The fourth-order valence-electron chi connectivity index (χ4n) is 3.32. The van der Waals surface area contributed by atoms with Gasteiger partial charge in [0.05, 0.1) is 18.4 Å². The maximum atomic E-state index is 12.5. The van der Waals surface area contributed by atoms with Crippen LogP contribution in [-0.4, -0.2) is 34.3 Å². The summed E-state index contributed by atoms with van der Waals surface area (Å²) in [4.78, 5) is 37.4. The van der Waals surface area contributed by atoms with Crippen molar-refractivity contribution in [2.45, 2.75) is 25.8 Å². The fraction of sp³-hybridized carbons (Fsp3) is 0.286. The Morgan fingerprint density at radius 1 is 1.15 bits per heavy atom. The first-order valence-electron chi connectivity index (χ1n) is 8.90. The third-order valence-electron chi connectivity index (χ3n) is 4.86. The van der Waals surface area contributed by atoms with E-state index >= 15 is 0 Å². The Balaban J connectivity index is 1.61. The first-order chi connectivity index (χ1) is 12.9. The van der Waals surface area contributed by atoms with E-state index in [0.717, 1.165) is 5.56 Å². The molecular weight excluding hydrogens is 344 g/mol. The molecule has 0 aliphatic carbocycles. The number of benzene rings is 2. The molecule has 2 N–H and O–H groups in total. The van der Waals surface area contributed by atoms with Crippen LogP contribution in [-0.2, 0) is 20.8 Å². The Labute approximate surface area is 157 Å². The van der Waals surface area contributed by atoms with Gasteiger partial charge in [-0.2, -0.15) is 0 Å². The lowest BCUT2D eigenvalue weighted by Crippen LogP contribution is -2.30. The van der Waals surface area contributed by atoms with E-state index in [1.165, 1.54) is 0 Å². The number of hydrogen-bond donors (Lipinski definition) is 2. The van der Waals surface area contributed by atoms with E-state index in [2.05, 4.69) is 5.32 Å². The molecule has 3 rings (SSSR count). The van der Waals surface area contributed by atoms with Gasteiger partial charge in [-0.25, -0.2) is 0 Å². The van der Waals surface area contributed by atoms with Crippen molar-refractivity contribution < 1.29 is 19.5 Å². The molecule has 140 valence electrons. The third kappa shape index (κ3) is 4.53. The van der Waals surface area contributed by atoms with Crippen LogP contribution in [0.1, 0.15) is 30.5 Å². The number of carbonyl (C=O) groups is 3. The summed E-state index contributed by atoms with van der Waals surface area (Å²) in [6, 6.07) is 16.4. The molecule has 0 saturated carbocycles. The van der Waals surface area contributed by atoms with Crippen molar-refractivity contribution in [3.8, 4) is 0 Å². The maximum absolute atomic E-state index is 12.5. The summed E-state index contributed by atoms with van der Waals surface area (Å²) < 4.78 is 0. The van der Waals surface area contributed by atoms with Gasteiger partial charge in [0.1, 0.15) is 0 Å². The molecule has 1 heterocycles. The number of nitrogens with one attached hydrogen (secondary N) is 1. The highest BCUT2D eigenvalue weighted by Crippen LogP contribution is 2.29. The van der Waals surface area contributed by atoms with Gasteiger partial charge in [-0.3, -0.25) is 14.4 Å². The summed E-state index contributed by atoms with van der Waals surface area (Å²) in [6.07, 6.45) is 0.137. The number of nitrogens with zero attached hydrogens (tertiary/aromatic N) is 1. The van der Waals surface area contributed by atoms with Crippen molar-refractivity contribution in [3.63, 3.8) is 0 Å². The molecule has 2 unspecified atom stereocenters. The van der Waals surface area contributed by atoms with Crippen LogP contribution in [0.25, 0.3) is 0 Å². The predicted octanol–water partition coefficient (Wildman–Crippen LogP) is 2.86. The summed E-state index contributed by atoms with van der Waals surface area (Å²) in [5, 5.41) is 11.6. The number of aliphatic carboxylic acids is 1. The van der Waals surface area contributed by atoms with Gasteiger partial charge in [0.2, 0.25) is 11.8 Å². The van der Waals surface area contributed by atoms with Gasteiger partial charge in [-0.1, -0.05) is 42.5 Å². The number of carbonyl (C=O) groups excluding carboxylic acids is 2. The third-order valence-corrected chi connectivity index (χ3v) is 4.86. The van der Waals surface area contributed by atoms with Crippen LogP contribution in [0, 0.1) is 5.92 Å². The molecule has 1 aliphatic heterocycles. The average molecular weight is 366 g/mol. The maximum Gasteiger partial charge on any atom is 0.307 e. The van der Waals surface area contributed by atoms with Crippen molar-refractivity contribution in [1.82, 2.24) is 4.90 Å². The highest BCUT2D eigenvalue weighted by molar-refractivity contribution is 5.97. The number of rotatable bonds is 6. The first-order valence-corrected chi connectivity index (χ1v) is 8.90. The molecular formula is C21H22N2O4. The smallest absolute Gasteiger partial charge is 0.307 e. The van der Waals surface area contributed by atoms with E-state index < -0.39 is 11.9 Å². The Morgan fingerprint density at radius 2 is 1.81 bits per heavy atom. The monoisotopic (exact) mass is 366 g/mol. The molecule has 2 aromatic carbocycles. The van der Waals surface area contributed by atoms with E-state index in [-0.39, 0.29) is 30.7 Å². The van der Waals surface area contributed by atoms with Gasteiger partial charge < -0.3 is 15.3 Å². The summed E-state index contributed by atoms with van der Waals surface area (Å²) in [7, 11) is 0. The normalized spacial score (nSPS) is 17.6. The van der Waals surface area contributed by atoms with E-state index in [9.17, 15) is 14.4 Å². The molecule has 0 spiro atoms. The van der Waals surface area contributed by atoms with E-state index in [4.69, 9.17) is 5.11 Å². The molecule has 1 saturated heterocycles. The highest BCUT2D eigenvalue weighted by Gasteiger charge is 2.36. The number of hydrogen-bond acceptors (Lipinski definition) is 3. The lowest BCUT2D eigenvalue weighted by atomic mass is 10.1. The molecule has 2 aromatic rings. The Bertz CT molecular complexity index is 833. The zero-order chi connectivity index (χ0) is 19.4. The fourth-order valence-corrected chi connectivity index (χ4v) is 3.32. The SMILES string of the molecule is CC(c1ccccc1)N1CC(C(=O)Nc2ccc(CC(=O)O)cc2)CC1=O. The molecule has 6 heteroatoms. The number of carboxylic acid groups (broad SMARTS) is 1. The van der Waals surface area contributed by atoms with Gasteiger partial charge in [0.25, 0.3) is 0 Å². The second-order valence-electron chi connectivity index (χ2n) is 6.79. The van der Waals surface area contributed by atoms with Crippen molar-refractivity contribution >= 4 is 23.5 Å². The summed E-state index contributed by atoms with van der Waals surface area (Å²) in [5.74, 6) is -1.52. The summed E-state index contributed by atoms with van der Waals surface area (Å²) in [5.41, 5.74) is 2.30. The van der Waals surface area contributed by atoms with Crippen LogP contribution in [0.4, 0.5) is 5.69 Å². The van der Waals surface area contributed by atoms with Crippen LogP contribution in [0.2, 0.25) is 0 Å². The molecule has 1 aliphatic rings. The number of anilines is 1. The van der Waals surface area contributed by atoms with Crippen LogP contribution >= 0.6 is 0 Å². The van der Waals surface area contributed by atoms with Gasteiger partial charge in [0, 0.05) is 18.7 Å². The standard InChI is InChI=1S/C21H22N2O4/c1-14(16-5-3-2-4-6-16)23-13-17(12-19(23)24)21(27)22-18-9-7-15(8-10-18)11-20(25)26/h2-10,14,17H,11-13H2,1H3,(H,22,27)(H,25,26). The van der Waals surface area contributed by atoms with Crippen LogP contribution in [0.3, 0.4) is 0 Å². The van der Waals surface area contributed by atoms with Crippen molar-refractivity contribution in [2.75, 3.05) is 11.9 Å². The predicted molar refractivity (Wildman–Crippen MR) is 101 cm³/mol. The van der Waals surface area contributed by atoms with Crippen molar-refractivity contribution in [3.05, 3.63) is 65.7 Å². The van der Waals surface area contributed by atoms with Crippen molar-refractivity contribution in [1.29, 1.82) is 0 Å². The molecule has 1 fully saturated rings. The van der Waals surface area contributed by atoms with Gasteiger partial charge >= 0.3 is 5.97 Å².